The SMILES string of the molecule is COc1ccc(C(=O)N2CCC(c3nc(C)ccc3C(=O)NCC(C)C)CC2)cc1OC. The minimum atomic E-state index is -0.0787. The number of aromatic nitrogens is 1. The van der Waals surface area contributed by atoms with Gasteiger partial charge in [-0.1, -0.05) is 13.8 Å². The molecule has 2 heterocycles. The highest BCUT2D eigenvalue weighted by atomic mass is 16.5. The topological polar surface area (TPSA) is 80.8 Å². The van der Waals surface area contributed by atoms with Crippen molar-refractivity contribution >= 4 is 11.8 Å². The average molecular weight is 440 g/mol. The standard InChI is InChI=1S/C25H33N3O4/c1-16(2)15-26-24(29)20-8-6-17(3)27-23(20)18-10-12-28(13-11-18)25(30)19-7-9-21(31-4)22(14-19)32-5/h6-9,14,16,18H,10-13,15H2,1-5H3,(H,26,29). The monoisotopic (exact) mass is 439 g/mol. The maximum absolute atomic E-state index is 13.0. The van der Waals surface area contributed by atoms with Crippen LogP contribution in [0.3, 0.4) is 0 Å². The zero-order valence-electron chi connectivity index (χ0n) is 19.6. The molecule has 1 aliphatic rings. The molecule has 7 nitrogen and oxygen atoms in total. The van der Waals surface area contributed by atoms with Crippen LogP contribution in [0.2, 0.25) is 0 Å². The van der Waals surface area contributed by atoms with Gasteiger partial charge in [0.05, 0.1) is 25.5 Å². The van der Waals surface area contributed by atoms with Crippen LogP contribution in [0.25, 0.3) is 0 Å². The van der Waals surface area contributed by atoms with Gasteiger partial charge in [0.1, 0.15) is 0 Å². The Bertz CT molecular complexity index is 966. The van der Waals surface area contributed by atoms with Gasteiger partial charge in [0.25, 0.3) is 11.8 Å². The molecule has 172 valence electrons. The Morgan fingerprint density at radius 2 is 1.78 bits per heavy atom. The van der Waals surface area contributed by atoms with E-state index in [1.165, 1.54) is 0 Å². The van der Waals surface area contributed by atoms with Crippen molar-refractivity contribution in [3.8, 4) is 11.5 Å². The number of hydrogen-bond acceptors (Lipinski definition) is 5. The van der Waals surface area contributed by atoms with Crippen LogP contribution in [-0.4, -0.2) is 55.6 Å². The second-order valence-electron chi connectivity index (χ2n) is 8.63. The number of ether oxygens (including phenoxy) is 2. The molecule has 1 aliphatic heterocycles. The van der Waals surface area contributed by atoms with Crippen LogP contribution in [0.15, 0.2) is 30.3 Å². The molecule has 3 rings (SSSR count). The lowest BCUT2D eigenvalue weighted by Crippen LogP contribution is -2.38. The van der Waals surface area contributed by atoms with E-state index in [0.717, 1.165) is 24.2 Å². The number of benzene rings is 1. The Balaban J connectivity index is 1.71. The molecule has 0 saturated carbocycles. The van der Waals surface area contributed by atoms with Gasteiger partial charge in [-0.05, 0) is 56.0 Å². The zero-order chi connectivity index (χ0) is 23.3. The Hall–Kier alpha value is -3.09. The van der Waals surface area contributed by atoms with Gasteiger partial charge in [-0.3, -0.25) is 14.6 Å². The first-order chi connectivity index (χ1) is 15.3. The van der Waals surface area contributed by atoms with E-state index in [4.69, 9.17) is 14.5 Å². The van der Waals surface area contributed by atoms with Gasteiger partial charge in [-0.15, -0.1) is 0 Å². The van der Waals surface area contributed by atoms with Crippen molar-refractivity contribution in [2.24, 2.45) is 5.92 Å². The normalized spacial score (nSPS) is 14.4. The van der Waals surface area contributed by atoms with Gasteiger partial charge in [0.15, 0.2) is 11.5 Å². The summed E-state index contributed by atoms with van der Waals surface area (Å²) >= 11 is 0. The summed E-state index contributed by atoms with van der Waals surface area (Å²) in [6, 6.07) is 8.97. The van der Waals surface area contributed by atoms with Gasteiger partial charge in [0, 0.05) is 36.8 Å². The first-order valence-corrected chi connectivity index (χ1v) is 11.1. The molecule has 0 atom stereocenters. The number of aryl methyl sites for hydroxylation is 1. The molecule has 1 N–H and O–H groups in total. The summed E-state index contributed by atoms with van der Waals surface area (Å²) in [5.41, 5.74) is 2.94. The molecule has 0 bridgehead atoms. The number of hydrogen-bond donors (Lipinski definition) is 1. The summed E-state index contributed by atoms with van der Waals surface area (Å²) in [7, 11) is 3.13. The van der Waals surface area contributed by atoms with Gasteiger partial charge in [-0.25, -0.2) is 0 Å². The highest BCUT2D eigenvalue weighted by molar-refractivity contribution is 5.96. The molecule has 2 amide bonds. The number of nitrogens with zero attached hydrogens (tertiary/aromatic N) is 2. The first-order valence-electron chi connectivity index (χ1n) is 11.1. The number of methoxy groups -OCH3 is 2. The maximum Gasteiger partial charge on any atom is 0.253 e. The van der Waals surface area contributed by atoms with Crippen LogP contribution in [0.4, 0.5) is 0 Å². The fourth-order valence-electron chi connectivity index (χ4n) is 3.98. The van der Waals surface area contributed by atoms with Gasteiger partial charge in [0.2, 0.25) is 0 Å². The van der Waals surface area contributed by atoms with E-state index in [9.17, 15) is 9.59 Å². The Morgan fingerprint density at radius 3 is 2.41 bits per heavy atom. The van der Waals surface area contributed by atoms with Crippen molar-refractivity contribution in [1.82, 2.24) is 15.2 Å². The van der Waals surface area contributed by atoms with Crippen LogP contribution >= 0.6 is 0 Å². The van der Waals surface area contributed by atoms with Crippen LogP contribution in [0.5, 0.6) is 11.5 Å². The summed E-state index contributed by atoms with van der Waals surface area (Å²) < 4.78 is 10.6. The van der Waals surface area contributed by atoms with E-state index in [0.29, 0.717) is 48.2 Å². The Morgan fingerprint density at radius 1 is 1.09 bits per heavy atom. The second-order valence-corrected chi connectivity index (χ2v) is 8.63. The molecule has 1 saturated heterocycles. The van der Waals surface area contributed by atoms with E-state index < -0.39 is 0 Å². The minimum absolute atomic E-state index is 0.0310. The average Bonchev–Trinajstić information content (AvgIpc) is 2.81. The third-order valence-corrected chi connectivity index (χ3v) is 5.78. The first kappa shape index (κ1) is 23.6. The Kier molecular flexibility index (Phi) is 7.72. The summed E-state index contributed by atoms with van der Waals surface area (Å²) in [6.07, 6.45) is 1.53. The molecule has 32 heavy (non-hydrogen) atoms. The highest BCUT2D eigenvalue weighted by Gasteiger charge is 2.28. The van der Waals surface area contributed by atoms with Crippen molar-refractivity contribution in [3.05, 3.63) is 52.8 Å². The largest absolute Gasteiger partial charge is 0.493 e. The van der Waals surface area contributed by atoms with Crippen molar-refractivity contribution in [3.63, 3.8) is 0 Å². The van der Waals surface area contributed by atoms with Gasteiger partial charge >= 0.3 is 0 Å². The summed E-state index contributed by atoms with van der Waals surface area (Å²) in [6.45, 7) is 7.93. The number of likely N-dealkylation sites (tertiary alicyclic amines) is 1. The third kappa shape index (κ3) is 5.39. The number of nitrogens with one attached hydrogen (secondary N) is 1. The molecule has 0 radical (unpaired) electrons. The predicted molar refractivity (Wildman–Crippen MR) is 124 cm³/mol. The van der Waals surface area contributed by atoms with Crippen LogP contribution in [0.1, 0.15) is 64.7 Å². The molecule has 1 fully saturated rings. The molecule has 0 unspecified atom stereocenters. The predicted octanol–water partition coefficient (Wildman–Crippen LogP) is 3.81. The summed E-state index contributed by atoms with van der Waals surface area (Å²) in [5, 5.41) is 3.00. The second kappa shape index (κ2) is 10.5. The van der Waals surface area contributed by atoms with E-state index in [1.54, 1.807) is 32.4 Å². The lowest BCUT2D eigenvalue weighted by atomic mass is 9.89. The number of carbonyl (C=O) groups excluding carboxylic acids is 2. The molecule has 2 aromatic rings. The van der Waals surface area contributed by atoms with E-state index in [1.807, 2.05) is 24.0 Å². The summed E-state index contributed by atoms with van der Waals surface area (Å²) in [5.74, 6) is 1.54. The van der Waals surface area contributed by atoms with Crippen molar-refractivity contribution < 1.29 is 19.1 Å². The number of carbonyl (C=O) groups is 2. The van der Waals surface area contributed by atoms with E-state index >= 15 is 0 Å². The van der Waals surface area contributed by atoms with E-state index in [2.05, 4.69) is 19.2 Å². The molecular weight excluding hydrogens is 406 g/mol. The minimum Gasteiger partial charge on any atom is -0.493 e. The van der Waals surface area contributed by atoms with Crippen molar-refractivity contribution in [2.75, 3.05) is 33.9 Å². The van der Waals surface area contributed by atoms with Crippen molar-refractivity contribution in [1.29, 1.82) is 0 Å². The number of piperidine rings is 1. The maximum atomic E-state index is 13.0. The molecule has 0 aliphatic carbocycles. The zero-order valence-corrected chi connectivity index (χ0v) is 19.6. The third-order valence-electron chi connectivity index (χ3n) is 5.78. The quantitative estimate of drug-likeness (QED) is 0.710. The number of pyridine rings is 1. The fraction of sp³-hybridized carbons (Fsp3) is 0.480. The van der Waals surface area contributed by atoms with Gasteiger partial charge in [-0.2, -0.15) is 0 Å². The smallest absolute Gasteiger partial charge is 0.253 e. The number of rotatable bonds is 7. The molecule has 1 aromatic carbocycles. The van der Waals surface area contributed by atoms with E-state index in [-0.39, 0.29) is 17.7 Å². The molecule has 7 heteroatoms. The van der Waals surface area contributed by atoms with Crippen molar-refractivity contribution in [2.45, 2.75) is 39.5 Å². The van der Waals surface area contributed by atoms with Gasteiger partial charge < -0.3 is 19.7 Å². The van der Waals surface area contributed by atoms with Crippen LogP contribution < -0.4 is 14.8 Å². The summed E-state index contributed by atoms with van der Waals surface area (Å²) in [4.78, 5) is 32.4. The highest BCUT2D eigenvalue weighted by Crippen LogP contribution is 2.32. The fourth-order valence-corrected chi connectivity index (χ4v) is 3.98. The molecule has 0 spiro atoms. The lowest BCUT2D eigenvalue weighted by Gasteiger charge is -2.32. The molecule has 1 aromatic heterocycles. The van der Waals surface area contributed by atoms with Crippen LogP contribution in [0, 0.1) is 12.8 Å². The lowest BCUT2D eigenvalue weighted by molar-refractivity contribution is 0.0710. The Labute approximate surface area is 190 Å². The number of amides is 2. The molecular formula is C25H33N3O4. The van der Waals surface area contributed by atoms with Crippen LogP contribution in [-0.2, 0) is 0 Å².